The summed E-state index contributed by atoms with van der Waals surface area (Å²) in [5, 5.41) is 6.29. The minimum absolute atomic E-state index is 0.0839. The molecule has 0 radical (unpaired) electrons. The lowest BCUT2D eigenvalue weighted by molar-refractivity contribution is -0.121. The highest BCUT2D eigenvalue weighted by Crippen LogP contribution is 2.34. The van der Waals surface area contributed by atoms with Gasteiger partial charge in [0.25, 0.3) is 0 Å². The Morgan fingerprint density at radius 2 is 1.90 bits per heavy atom. The number of guanidine groups is 1. The summed E-state index contributed by atoms with van der Waals surface area (Å²) in [6.45, 7) is 3.96. The van der Waals surface area contributed by atoms with E-state index in [-0.39, 0.29) is 17.1 Å². The lowest BCUT2D eigenvalue weighted by atomic mass is 9.74. The summed E-state index contributed by atoms with van der Waals surface area (Å²) in [7, 11) is 3.50. The van der Waals surface area contributed by atoms with Crippen molar-refractivity contribution in [1.29, 1.82) is 0 Å². The smallest absolute Gasteiger partial charge is 0.220 e. The lowest BCUT2D eigenvalue weighted by Gasteiger charge is -2.40. The van der Waals surface area contributed by atoms with Crippen molar-refractivity contribution < 1.29 is 13.9 Å². The van der Waals surface area contributed by atoms with Crippen molar-refractivity contribution in [3.63, 3.8) is 0 Å². The van der Waals surface area contributed by atoms with Crippen LogP contribution in [0.4, 0.5) is 4.39 Å². The van der Waals surface area contributed by atoms with Gasteiger partial charge in [-0.05, 0) is 49.3 Å². The van der Waals surface area contributed by atoms with E-state index in [1.54, 1.807) is 19.2 Å². The van der Waals surface area contributed by atoms with Gasteiger partial charge in [-0.15, -0.1) is 0 Å². The molecule has 0 unspecified atom stereocenters. The highest BCUT2D eigenvalue weighted by Gasteiger charge is 2.35. The Morgan fingerprint density at radius 1 is 1.24 bits per heavy atom. The average molecular weight is 405 g/mol. The van der Waals surface area contributed by atoms with E-state index in [4.69, 9.17) is 4.74 Å². The van der Waals surface area contributed by atoms with Crippen LogP contribution in [0.2, 0.25) is 0 Å². The maximum Gasteiger partial charge on any atom is 0.220 e. The fourth-order valence-electron chi connectivity index (χ4n) is 4.43. The van der Waals surface area contributed by atoms with Crippen LogP contribution in [-0.4, -0.2) is 63.7 Å². The van der Waals surface area contributed by atoms with Crippen molar-refractivity contribution in [3.05, 3.63) is 35.6 Å². The predicted octanol–water partition coefficient (Wildman–Crippen LogP) is 2.30. The van der Waals surface area contributed by atoms with Crippen LogP contribution in [0, 0.1) is 11.7 Å². The van der Waals surface area contributed by atoms with Crippen LogP contribution >= 0.6 is 0 Å². The molecule has 2 fully saturated rings. The summed E-state index contributed by atoms with van der Waals surface area (Å²) in [5.41, 5.74) is 1.06. The third-order valence-electron chi connectivity index (χ3n) is 6.37. The Balaban J connectivity index is 1.61. The van der Waals surface area contributed by atoms with Crippen LogP contribution in [0.5, 0.6) is 0 Å². The molecule has 0 spiro atoms. The van der Waals surface area contributed by atoms with Gasteiger partial charge in [-0.25, -0.2) is 4.39 Å². The molecule has 2 aliphatic rings. The van der Waals surface area contributed by atoms with Gasteiger partial charge in [0, 0.05) is 58.8 Å². The van der Waals surface area contributed by atoms with Gasteiger partial charge in [-0.3, -0.25) is 9.79 Å². The number of nitrogens with zero attached hydrogens (tertiary/aromatic N) is 2. The third-order valence-corrected chi connectivity index (χ3v) is 6.37. The van der Waals surface area contributed by atoms with Gasteiger partial charge >= 0.3 is 0 Å². The molecule has 2 saturated heterocycles. The van der Waals surface area contributed by atoms with Crippen molar-refractivity contribution in [1.82, 2.24) is 15.5 Å². The normalized spacial score (nSPS) is 20.4. The second-order valence-electron chi connectivity index (χ2n) is 8.11. The Morgan fingerprint density at radius 3 is 2.48 bits per heavy atom. The number of hydrogen-bond donors (Lipinski definition) is 2. The zero-order valence-corrected chi connectivity index (χ0v) is 17.5. The molecule has 2 N–H and O–H groups in total. The van der Waals surface area contributed by atoms with E-state index >= 15 is 0 Å². The number of aliphatic imine (C=N–C) groups is 1. The number of nitrogens with one attached hydrogen (secondary N) is 2. The molecule has 0 bridgehead atoms. The van der Waals surface area contributed by atoms with Crippen molar-refractivity contribution in [2.45, 2.75) is 37.5 Å². The lowest BCUT2D eigenvalue weighted by Crippen LogP contribution is -2.51. The van der Waals surface area contributed by atoms with Crippen LogP contribution in [0.1, 0.15) is 37.7 Å². The molecule has 1 aromatic carbocycles. The molecule has 2 heterocycles. The number of ether oxygens (including phenoxy) is 1. The molecule has 0 aromatic heterocycles. The number of carbonyl (C=O) groups is 1. The Bertz CT molecular complexity index is 693. The van der Waals surface area contributed by atoms with Gasteiger partial charge < -0.3 is 20.3 Å². The Hall–Kier alpha value is -2.15. The van der Waals surface area contributed by atoms with E-state index in [9.17, 15) is 9.18 Å². The first kappa shape index (κ1) is 21.6. The highest BCUT2D eigenvalue weighted by molar-refractivity contribution is 5.80. The highest BCUT2D eigenvalue weighted by atomic mass is 19.1. The zero-order valence-electron chi connectivity index (χ0n) is 17.5. The van der Waals surface area contributed by atoms with Crippen LogP contribution in [0.3, 0.4) is 0 Å². The fraction of sp³-hybridized carbons (Fsp3) is 0.636. The number of carbonyl (C=O) groups excluding carboxylic acids is 1. The minimum atomic E-state index is -0.209. The Labute approximate surface area is 172 Å². The molecule has 1 aromatic rings. The summed E-state index contributed by atoms with van der Waals surface area (Å²) in [5.74, 6) is 1.24. The molecule has 3 rings (SSSR count). The fourth-order valence-corrected chi connectivity index (χ4v) is 4.43. The van der Waals surface area contributed by atoms with Crippen molar-refractivity contribution >= 4 is 11.9 Å². The predicted molar refractivity (Wildman–Crippen MR) is 112 cm³/mol. The molecule has 2 aliphatic heterocycles. The van der Waals surface area contributed by atoms with Gasteiger partial charge in [0.1, 0.15) is 5.82 Å². The molecular weight excluding hydrogens is 371 g/mol. The number of benzene rings is 1. The van der Waals surface area contributed by atoms with E-state index in [1.807, 2.05) is 19.2 Å². The van der Waals surface area contributed by atoms with Crippen molar-refractivity contribution in [2.75, 3.05) is 46.9 Å². The van der Waals surface area contributed by atoms with Crippen LogP contribution in [0.15, 0.2) is 29.3 Å². The molecule has 160 valence electrons. The van der Waals surface area contributed by atoms with Crippen LogP contribution in [-0.2, 0) is 14.9 Å². The number of halogens is 1. The molecule has 1 amide bonds. The first-order chi connectivity index (χ1) is 14.1. The maximum atomic E-state index is 13.4. The number of likely N-dealkylation sites (tertiary alicyclic amines) is 1. The summed E-state index contributed by atoms with van der Waals surface area (Å²) in [6, 6.07) is 6.88. The van der Waals surface area contributed by atoms with E-state index < -0.39 is 0 Å². The second kappa shape index (κ2) is 10.1. The largest absolute Gasteiger partial charge is 0.381 e. The first-order valence-corrected chi connectivity index (χ1v) is 10.6. The van der Waals surface area contributed by atoms with Crippen molar-refractivity contribution in [3.8, 4) is 0 Å². The van der Waals surface area contributed by atoms with Crippen LogP contribution in [0.25, 0.3) is 0 Å². The van der Waals surface area contributed by atoms with Crippen molar-refractivity contribution in [2.24, 2.45) is 10.9 Å². The van der Waals surface area contributed by atoms with Gasteiger partial charge in [-0.1, -0.05) is 12.1 Å². The molecule has 0 atom stereocenters. The Kier molecular flexibility index (Phi) is 7.47. The number of piperidine rings is 1. The van der Waals surface area contributed by atoms with Crippen LogP contribution < -0.4 is 10.6 Å². The molecule has 0 saturated carbocycles. The SMILES string of the molecule is CN=C(NCC1(c2ccc(F)cc2)CCOCC1)N1CCC(CC(=O)NC)CC1. The zero-order chi connectivity index (χ0) is 20.7. The quantitative estimate of drug-likeness (QED) is 0.584. The third kappa shape index (κ3) is 5.47. The summed E-state index contributed by atoms with van der Waals surface area (Å²) >= 11 is 0. The minimum Gasteiger partial charge on any atom is -0.381 e. The number of hydrogen-bond acceptors (Lipinski definition) is 3. The number of amides is 1. The van der Waals surface area contributed by atoms with E-state index in [0.29, 0.717) is 25.6 Å². The number of rotatable bonds is 5. The average Bonchev–Trinajstić information content (AvgIpc) is 2.76. The summed E-state index contributed by atoms with van der Waals surface area (Å²) < 4.78 is 19.0. The van der Waals surface area contributed by atoms with E-state index in [0.717, 1.165) is 56.8 Å². The molecule has 6 nitrogen and oxygen atoms in total. The second-order valence-corrected chi connectivity index (χ2v) is 8.11. The monoisotopic (exact) mass is 404 g/mol. The van der Waals surface area contributed by atoms with Gasteiger partial charge in [0.15, 0.2) is 5.96 Å². The topological polar surface area (TPSA) is 66.0 Å². The molecular formula is C22H33FN4O2. The van der Waals surface area contributed by atoms with Gasteiger partial charge in [0.2, 0.25) is 5.91 Å². The summed E-state index contributed by atoms with van der Waals surface area (Å²) in [6.07, 6.45) is 4.38. The van der Waals surface area contributed by atoms with Gasteiger partial charge in [0.05, 0.1) is 0 Å². The van der Waals surface area contributed by atoms with E-state index in [1.165, 1.54) is 0 Å². The molecule has 29 heavy (non-hydrogen) atoms. The first-order valence-electron chi connectivity index (χ1n) is 10.6. The standard InChI is InChI=1S/C22H33FN4O2/c1-24-20(28)15-17-7-11-27(12-8-17)21(25-2)26-16-22(9-13-29-14-10-22)18-3-5-19(23)6-4-18/h3-6,17H,7-16H2,1-2H3,(H,24,28)(H,25,26). The molecule has 7 heteroatoms. The van der Waals surface area contributed by atoms with Gasteiger partial charge in [-0.2, -0.15) is 0 Å². The molecule has 0 aliphatic carbocycles. The summed E-state index contributed by atoms with van der Waals surface area (Å²) in [4.78, 5) is 18.4. The maximum absolute atomic E-state index is 13.4. The van der Waals surface area contributed by atoms with E-state index in [2.05, 4.69) is 20.5 Å².